The van der Waals surface area contributed by atoms with Crippen LogP contribution < -0.4 is 0 Å². The summed E-state index contributed by atoms with van der Waals surface area (Å²) < 4.78 is 0.591. The number of aromatic amines is 1. The molecule has 1 aromatic heterocycles. The molecule has 72 valence electrons. The summed E-state index contributed by atoms with van der Waals surface area (Å²) in [7, 11) is 0. The number of aryl methyl sites for hydroxylation is 1. The monoisotopic (exact) mass is 216 g/mol. The van der Waals surface area contributed by atoms with Gasteiger partial charge in [0.05, 0.1) is 0 Å². The minimum absolute atomic E-state index is 0.0641. The molecule has 0 aliphatic heterocycles. The Morgan fingerprint density at radius 3 is 2.31 bits per heavy atom. The molecule has 1 heterocycles. The fourth-order valence-corrected chi connectivity index (χ4v) is 2.31. The standard InChI is InChI=1S/C9H13ClN2S/c1-5-11-7(10)6(8(13)12-5)9(2,3)4/h1-4H3,(H,11,12,13). The molecule has 0 aromatic carbocycles. The van der Waals surface area contributed by atoms with E-state index in [1.807, 2.05) is 6.92 Å². The molecule has 0 bridgehead atoms. The van der Waals surface area contributed by atoms with Gasteiger partial charge in [0.25, 0.3) is 0 Å². The van der Waals surface area contributed by atoms with Gasteiger partial charge in [0.2, 0.25) is 0 Å². The number of halogens is 1. The first-order chi connectivity index (χ1) is 5.82. The van der Waals surface area contributed by atoms with E-state index in [4.69, 9.17) is 23.8 Å². The van der Waals surface area contributed by atoms with Gasteiger partial charge in [-0.15, -0.1) is 0 Å². The summed E-state index contributed by atoms with van der Waals surface area (Å²) in [5.41, 5.74) is 0.848. The predicted molar refractivity (Wildman–Crippen MR) is 57.9 cm³/mol. The van der Waals surface area contributed by atoms with Gasteiger partial charge in [0.1, 0.15) is 15.6 Å². The highest BCUT2D eigenvalue weighted by molar-refractivity contribution is 7.71. The van der Waals surface area contributed by atoms with Crippen LogP contribution in [0.5, 0.6) is 0 Å². The quantitative estimate of drug-likeness (QED) is 0.532. The largest absolute Gasteiger partial charge is 0.334 e. The smallest absolute Gasteiger partial charge is 0.134 e. The van der Waals surface area contributed by atoms with Gasteiger partial charge in [-0.1, -0.05) is 44.6 Å². The molecule has 0 spiro atoms. The Morgan fingerprint density at radius 2 is 1.92 bits per heavy atom. The number of hydrogen-bond acceptors (Lipinski definition) is 2. The summed E-state index contributed by atoms with van der Waals surface area (Å²) in [6, 6.07) is 0. The van der Waals surface area contributed by atoms with Crippen molar-refractivity contribution in [2.45, 2.75) is 33.1 Å². The Balaban J connectivity index is 3.47. The minimum Gasteiger partial charge on any atom is -0.334 e. The molecule has 0 fully saturated rings. The molecule has 0 aliphatic rings. The van der Waals surface area contributed by atoms with E-state index < -0.39 is 0 Å². The molecule has 1 N–H and O–H groups in total. The molecule has 0 unspecified atom stereocenters. The molecule has 0 saturated carbocycles. The van der Waals surface area contributed by atoms with Crippen molar-refractivity contribution in [1.29, 1.82) is 0 Å². The third-order valence-corrected chi connectivity index (χ3v) is 2.32. The minimum atomic E-state index is -0.0641. The maximum atomic E-state index is 6.06. The second-order valence-corrected chi connectivity index (χ2v) is 4.83. The summed E-state index contributed by atoms with van der Waals surface area (Å²) >= 11 is 11.2. The Bertz CT molecular complexity index is 376. The highest BCUT2D eigenvalue weighted by Crippen LogP contribution is 2.28. The van der Waals surface area contributed by atoms with Gasteiger partial charge in [0, 0.05) is 5.56 Å². The van der Waals surface area contributed by atoms with Crippen LogP contribution in [-0.4, -0.2) is 9.97 Å². The van der Waals surface area contributed by atoms with Crippen LogP contribution in [0.4, 0.5) is 0 Å². The van der Waals surface area contributed by atoms with E-state index in [1.54, 1.807) is 0 Å². The van der Waals surface area contributed by atoms with Crippen LogP contribution in [0, 0.1) is 11.6 Å². The Kier molecular flexibility index (Phi) is 2.78. The molecule has 0 amide bonds. The lowest BCUT2D eigenvalue weighted by Crippen LogP contribution is -2.14. The Hall–Kier alpha value is -0.410. The van der Waals surface area contributed by atoms with Gasteiger partial charge in [-0.25, -0.2) is 4.98 Å². The predicted octanol–water partition coefficient (Wildman–Crippen LogP) is 3.40. The summed E-state index contributed by atoms with van der Waals surface area (Å²) in [6.07, 6.45) is 0. The average Bonchev–Trinajstić information content (AvgIpc) is 1.78. The number of nitrogens with one attached hydrogen (secondary N) is 1. The molecule has 0 aliphatic carbocycles. The maximum Gasteiger partial charge on any atom is 0.134 e. The zero-order chi connectivity index (χ0) is 10.2. The topological polar surface area (TPSA) is 28.7 Å². The van der Waals surface area contributed by atoms with Crippen LogP contribution in [0.15, 0.2) is 0 Å². The van der Waals surface area contributed by atoms with Crippen molar-refractivity contribution in [3.63, 3.8) is 0 Å². The van der Waals surface area contributed by atoms with Crippen molar-refractivity contribution in [2.75, 3.05) is 0 Å². The van der Waals surface area contributed by atoms with Gasteiger partial charge in [0.15, 0.2) is 0 Å². The molecule has 0 saturated heterocycles. The molecule has 1 rings (SSSR count). The molecule has 0 atom stereocenters. The first-order valence-electron chi connectivity index (χ1n) is 4.09. The fraction of sp³-hybridized carbons (Fsp3) is 0.556. The van der Waals surface area contributed by atoms with Gasteiger partial charge < -0.3 is 4.98 Å². The molecule has 0 radical (unpaired) electrons. The average molecular weight is 217 g/mol. The molecule has 2 nitrogen and oxygen atoms in total. The Labute approximate surface area is 88.4 Å². The van der Waals surface area contributed by atoms with Crippen molar-refractivity contribution in [3.05, 3.63) is 21.2 Å². The zero-order valence-corrected chi connectivity index (χ0v) is 9.81. The summed E-state index contributed by atoms with van der Waals surface area (Å²) in [5, 5.41) is 0.602. The van der Waals surface area contributed by atoms with Gasteiger partial charge >= 0.3 is 0 Å². The molecular formula is C9H13ClN2S. The van der Waals surface area contributed by atoms with E-state index in [1.165, 1.54) is 0 Å². The van der Waals surface area contributed by atoms with Gasteiger partial charge in [-0.05, 0) is 12.3 Å². The molecule has 4 heteroatoms. The van der Waals surface area contributed by atoms with E-state index in [2.05, 4.69) is 30.7 Å². The number of hydrogen-bond donors (Lipinski definition) is 1. The highest BCUT2D eigenvalue weighted by atomic mass is 35.5. The second kappa shape index (κ2) is 3.39. The maximum absolute atomic E-state index is 6.06. The van der Waals surface area contributed by atoms with E-state index in [-0.39, 0.29) is 5.41 Å². The van der Waals surface area contributed by atoms with E-state index in [0.29, 0.717) is 9.79 Å². The van der Waals surface area contributed by atoms with Crippen LogP contribution in [0.25, 0.3) is 0 Å². The molecule has 13 heavy (non-hydrogen) atoms. The lowest BCUT2D eigenvalue weighted by atomic mass is 9.89. The molecular weight excluding hydrogens is 204 g/mol. The van der Waals surface area contributed by atoms with Crippen molar-refractivity contribution in [1.82, 2.24) is 9.97 Å². The number of rotatable bonds is 0. The molecule has 1 aromatic rings. The first kappa shape index (κ1) is 10.7. The SMILES string of the molecule is Cc1nc(=S)c(C(C)(C)C)c(Cl)[nH]1. The van der Waals surface area contributed by atoms with Crippen LogP contribution in [-0.2, 0) is 5.41 Å². The zero-order valence-electron chi connectivity index (χ0n) is 8.23. The van der Waals surface area contributed by atoms with Crippen LogP contribution in [0.2, 0.25) is 5.15 Å². The number of nitrogens with zero attached hydrogens (tertiary/aromatic N) is 1. The summed E-state index contributed by atoms with van der Waals surface area (Å²) in [6.45, 7) is 8.03. The highest BCUT2D eigenvalue weighted by Gasteiger charge is 2.20. The van der Waals surface area contributed by atoms with Gasteiger partial charge in [-0.3, -0.25) is 0 Å². The lowest BCUT2D eigenvalue weighted by molar-refractivity contribution is 0.581. The fourth-order valence-electron chi connectivity index (χ4n) is 1.20. The van der Waals surface area contributed by atoms with Crippen molar-refractivity contribution >= 4 is 23.8 Å². The van der Waals surface area contributed by atoms with Crippen LogP contribution >= 0.6 is 23.8 Å². The van der Waals surface area contributed by atoms with Crippen LogP contribution in [0.1, 0.15) is 32.2 Å². The second-order valence-electron chi connectivity index (χ2n) is 4.07. The third-order valence-electron chi connectivity index (χ3n) is 1.74. The van der Waals surface area contributed by atoms with Crippen molar-refractivity contribution < 1.29 is 0 Å². The summed E-state index contributed by atoms with van der Waals surface area (Å²) in [4.78, 5) is 7.15. The van der Waals surface area contributed by atoms with Crippen LogP contribution in [0.3, 0.4) is 0 Å². The van der Waals surface area contributed by atoms with E-state index in [9.17, 15) is 0 Å². The van der Waals surface area contributed by atoms with Gasteiger partial charge in [-0.2, -0.15) is 0 Å². The van der Waals surface area contributed by atoms with E-state index >= 15 is 0 Å². The third kappa shape index (κ3) is 2.29. The first-order valence-corrected chi connectivity index (χ1v) is 4.88. The number of aromatic nitrogens is 2. The van der Waals surface area contributed by atoms with Crippen molar-refractivity contribution in [2.24, 2.45) is 0 Å². The van der Waals surface area contributed by atoms with Crippen molar-refractivity contribution in [3.8, 4) is 0 Å². The number of H-pyrrole nitrogens is 1. The normalized spacial score (nSPS) is 11.8. The lowest BCUT2D eigenvalue weighted by Gasteiger charge is -2.19. The van der Waals surface area contributed by atoms with E-state index in [0.717, 1.165) is 11.4 Å². The Morgan fingerprint density at radius 1 is 1.38 bits per heavy atom. The summed E-state index contributed by atoms with van der Waals surface area (Å²) in [5.74, 6) is 0.753.